The average Bonchev–Trinajstić information content (AvgIpc) is 2.75. The highest BCUT2D eigenvalue weighted by Crippen LogP contribution is 2.28. The zero-order valence-electron chi connectivity index (χ0n) is 10.4. The van der Waals surface area contributed by atoms with Gasteiger partial charge < -0.3 is 11.1 Å². The van der Waals surface area contributed by atoms with E-state index in [4.69, 9.17) is 5.73 Å². The number of amides is 1. The molecule has 3 N–H and O–H groups in total. The van der Waals surface area contributed by atoms with E-state index in [9.17, 15) is 4.79 Å². The van der Waals surface area contributed by atoms with Gasteiger partial charge in [-0.15, -0.1) is 11.3 Å². The third-order valence-electron chi connectivity index (χ3n) is 3.44. The fourth-order valence-electron chi connectivity index (χ4n) is 2.08. The maximum atomic E-state index is 11.8. The highest BCUT2D eigenvalue weighted by Gasteiger charge is 2.33. The zero-order valence-corrected chi connectivity index (χ0v) is 11.2. The van der Waals surface area contributed by atoms with Gasteiger partial charge in [0.1, 0.15) is 0 Å². The first-order valence-electron chi connectivity index (χ1n) is 6.06. The summed E-state index contributed by atoms with van der Waals surface area (Å²) >= 11 is 1.74. The molecule has 17 heavy (non-hydrogen) atoms. The van der Waals surface area contributed by atoms with Gasteiger partial charge in [-0.2, -0.15) is 0 Å². The molecule has 3 nitrogen and oxygen atoms in total. The molecule has 2 rings (SSSR count). The number of nitrogens with one attached hydrogen (secondary N) is 1. The van der Waals surface area contributed by atoms with E-state index in [2.05, 4.69) is 36.7 Å². The van der Waals surface area contributed by atoms with Gasteiger partial charge in [-0.05, 0) is 24.3 Å². The van der Waals surface area contributed by atoms with Gasteiger partial charge >= 0.3 is 0 Å². The first-order chi connectivity index (χ1) is 7.99. The quantitative estimate of drug-likeness (QED) is 0.859. The lowest BCUT2D eigenvalue weighted by Crippen LogP contribution is -2.47. The van der Waals surface area contributed by atoms with Crippen LogP contribution in [0.25, 0.3) is 0 Å². The predicted octanol–water partition coefficient (Wildman–Crippen LogP) is 1.88. The molecule has 1 heterocycles. The summed E-state index contributed by atoms with van der Waals surface area (Å²) in [5, 5.41) is 5.12. The van der Waals surface area contributed by atoms with E-state index >= 15 is 0 Å². The summed E-state index contributed by atoms with van der Waals surface area (Å²) in [6, 6.07) is 4.40. The Morgan fingerprint density at radius 2 is 2.29 bits per heavy atom. The smallest absolute Gasteiger partial charge is 0.223 e. The van der Waals surface area contributed by atoms with Crippen LogP contribution in [0.3, 0.4) is 0 Å². The second-order valence-electron chi connectivity index (χ2n) is 5.51. The first kappa shape index (κ1) is 12.6. The van der Waals surface area contributed by atoms with Crippen LogP contribution in [0.5, 0.6) is 0 Å². The highest BCUT2D eigenvalue weighted by atomic mass is 32.1. The molecular formula is C13H20N2OS. The van der Waals surface area contributed by atoms with Crippen LogP contribution >= 0.6 is 11.3 Å². The minimum atomic E-state index is 0.00961. The van der Waals surface area contributed by atoms with Crippen LogP contribution in [0.4, 0.5) is 0 Å². The number of hydrogen-bond acceptors (Lipinski definition) is 3. The molecule has 1 aromatic heterocycles. The molecule has 1 fully saturated rings. The molecule has 4 heteroatoms. The Kier molecular flexibility index (Phi) is 3.54. The van der Waals surface area contributed by atoms with Crippen LogP contribution in [-0.2, 0) is 10.2 Å². The van der Waals surface area contributed by atoms with E-state index in [0.29, 0.717) is 6.54 Å². The van der Waals surface area contributed by atoms with E-state index in [-0.39, 0.29) is 23.3 Å². The largest absolute Gasteiger partial charge is 0.355 e. The van der Waals surface area contributed by atoms with E-state index in [1.54, 1.807) is 11.3 Å². The van der Waals surface area contributed by atoms with Crippen molar-refractivity contribution in [1.29, 1.82) is 0 Å². The van der Waals surface area contributed by atoms with Gasteiger partial charge in [0.05, 0.1) is 0 Å². The Balaban J connectivity index is 1.83. The Morgan fingerprint density at radius 1 is 1.59 bits per heavy atom. The van der Waals surface area contributed by atoms with Gasteiger partial charge in [-0.25, -0.2) is 0 Å². The number of carbonyl (C=O) groups excluding carboxylic acids is 1. The van der Waals surface area contributed by atoms with Gasteiger partial charge in [-0.3, -0.25) is 4.79 Å². The zero-order chi connectivity index (χ0) is 12.5. The van der Waals surface area contributed by atoms with Crippen molar-refractivity contribution in [2.45, 2.75) is 38.1 Å². The lowest BCUT2D eigenvalue weighted by molar-refractivity contribution is -0.128. The summed E-state index contributed by atoms with van der Waals surface area (Å²) < 4.78 is 0. The van der Waals surface area contributed by atoms with Crippen molar-refractivity contribution in [3.8, 4) is 0 Å². The normalized spacial score (nSPS) is 24.2. The Morgan fingerprint density at radius 3 is 2.82 bits per heavy atom. The minimum Gasteiger partial charge on any atom is -0.355 e. The van der Waals surface area contributed by atoms with Crippen molar-refractivity contribution < 1.29 is 4.79 Å². The molecule has 1 saturated carbocycles. The third-order valence-corrected chi connectivity index (χ3v) is 4.67. The highest BCUT2D eigenvalue weighted by molar-refractivity contribution is 7.10. The number of nitrogens with two attached hydrogens (primary N) is 1. The molecule has 1 aliphatic rings. The molecule has 0 bridgehead atoms. The lowest BCUT2D eigenvalue weighted by atomic mass is 9.80. The topological polar surface area (TPSA) is 55.1 Å². The maximum Gasteiger partial charge on any atom is 0.223 e. The van der Waals surface area contributed by atoms with Crippen molar-refractivity contribution in [1.82, 2.24) is 5.32 Å². The van der Waals surface area contributed by atoms with Gasteiger partial charge in [0, 0.05) is 28.8 Å². The molecule has 0 saturated heterocycles. The molecular weight excluding hydrogens is 232 g/mol. The Labute approximate surface area is 106 Å². The fourth-order valence-corrected chi connectivity index (χ4v) is 2.93. The number of carbonyl (C=O) groups is 1. The molecule has 0 unspecified atom stereocenters. The Bertz CT molecular complexity index is 380. The van der Waals surface area contributed by atoms with Crippen LogP contribution in [0.2, 0.25) is 0 Å². The van der Waals surface area contributed by atoms with Gasteiger partial charge in [-0.1, -0.05) is 19.9 Å². The molecule has 94 valence electrons. The van der Waals surface area contributed by atoms with Crippen molar-refractivity contribution in [2.24, 2.45) is 11.7 Å². The van der Waals surface area contributed by atoms with Crippen molar-refractivity contribution in [3.05, 3.63) is 22.4 Å². The minimum absolute atomic E-state index is 0.00961. The standard InChI is InChI=1S/C13H20N2OS/c1-13(2,11-4-3-5-17-11)8-15-12(16)9-6-10(14)7-9/h3-5,9-10H,6-8,14H2,1-2H3,(H,15,16). The van der Waals surface area contributed by atoms with Crippen LogP contribution < -0.4 is 11.1 Å². The van der Waals surface area contributed by atoms with Crippen LogP contribution in [0, 0.1) is 5.92 Å². The molecule has 0 aliphatic heterocycles. The molecule has 0 atom stereocenters. The second kappa shape index (κ2) is 4.78. The predicted molar refractivity (Wildman–Crippen MR) is 71.1 cm³/mol. The molecule has 1 amide bonds. The van der Waals surface area contributed by atoms with Crippen molar-refractivity contribution >= 4 is 17.2 Å². The van der Waals surface area contributed by atoms with Crippen molar-refractivity contribution in [3.63, 3.8) is 0 Å². The molecule has 0 spiro atoms. The molecule has 1 aromatic rings. The molecule has 0 aromatic carbocycles. The summed E-state index contributed by atoms with van der Waals surface area (Å²) in [5.41, 5.74) is 5.70. The first-order valence-corrected chi connectivity index (χ1v) is 6.94. The fraction of sp³-hybridized carbons (Fsp3) is 0.615. The second-order valence-corrected chi connectivity index (χ2v) is 6.46. The monoisotopic (exact) mass is 252 g/mol. The van der Waals surface area contributed by atoms with Crippen LogP contribution in [-0.4, -0.2) is 18.5 Å². The van der Waals surface area contributed by atoms with Gasteiger partial charge in [0.2, 0.25) is 5.91 Å². The summed E-state index contributed by atoms with van der Waals surface area (Å²) in [5.74, 6) is 0.306. The van der Waals surface area contributed by atoms with E-state index in [0.717, 1.165) is 12.8 Å². The number of rotatable bonds is 4. The lowest BCUT2D eigenvalue weighted by Gasteiger charge is -2.32. The van der Waals surface area contributed by atoms with E-state index in [1.807, 2.05) is 0 Å². The summed E-state index contributed by atoms with van der Waals surface area (Å²) in [6.45, 7) is 5.01. The SMILES string of the molecule is CC(C)(CNC(=O)C1CC(N)C1)c1cccs1. The third kappa shape index (κ3) is 2.87. The van der Waals surface area contributed by atoms with Gasteiger partial charge in [0.15, 0.2) is 0 Å². The van der Waals surface area contributed by atoms with Crippen LogP contribution in [0.15, 0.2) is 17.5 Å². The number of thiophene rings is 1. The summed E-state index contributed by atoms with van der Waals surface area (Å²) in [6.07, 6.45) is 1.68. The Hall–Kier alpha value is -0.870. The van der Waals surface area contributed by atoms with Crippen LogP contribution in [0.1, 0.15) is 31.6 Å². The number of hydrogen-bond donors (Lipinski definition) is 2. The van der Waals surface area contributed by atoms with Gasteiger partial charge in [0.25, 0.3) is 0 Å². The van der Waals surface area contributed by atoms with Crippen molar-refractivity contribution in [2.75, 3.05) is 6.54 Å². The summed E-state index contributed by atoms with van der Waals surface area (Å²) in [4.78, 5) is 13.1. The molecule has 0 radical (unpaired) electrons. The van der Waals surface area contributed by atoms with E-state index in [1.165, 1.54) is 4.88 Å². The average molecular weight is 252 g/mol. The molecule has 1 aliphatic carbocycles. The van der Waals surface area contributed by atoms with E-state index < -0.39 is 0 Å². The summed E-state index contributed by atoms with van der Waals surface area (Å²) in [7, 11) is 0. The maximum absolute atomic E-state index is 11.8.